The molecule has 2 rings (SSSR count). The molecule has 0 spiro atoms. The molecule has 0 bridgehead atoms. The van der Waals surface area contributed by atoms with E-state index in [0.29, 0.717) is 18.1 Å². The van der Waals surface area contributed by atoms with Gasteiger partial charge in [-0.3, -0.25) is 0 Å². The minimum Gasteiger partial charge on any atom is -0.376 e. The largest absolute Gasteiger partial charge is 0.376 e. The van der Waals surface area contributed by atoms with Gasteiger partial charge in [0.15, 0.2) is 0 Å². The first-order chi connectivity index (χ1) is 9.63. The van der Waals surface area contributed by atoms with Gasteiger partial charge in [0, 0.05) is 16.6 Å². The molecule has 1 saturated carbocycles. The first-order valence-corrected chi connectivity index (χ1v) is 8.25. The monoisotopic (exact) mass is 343 g/mol. The fourth-order valence-electron chi connectivity index (χ4n) is 3.14. The van der Waals surface area contributed by atoms with Crippen LogP contribution in [-0.2, 0) is 4.74 Å². The van der Waals surface area contributed by atoms with Crippen molar-refractivity contribution in [1.29, 1.82) is 0 Å². The molecule has 0 amide bonds. The highest BCUT2D eigenvalue weighted by atomic mass is 79.9. The van der Waals surface area contributed by atoms with E-state index in [1.165, 1.54) is 25.3 Å². The lowest BCUT2D eigenvalue weighted by atomic mass is 9.81. The van der Waals surface area contributed by atoms with Crippen LogP contribution in [0.2, 0.25) is 0 Å². The van der Waals surface area contributed by atoms with Gasteiger partial charge in [-0.25, -0.2) is 4.39 Å². The molecule has 2 unspecified atom stereocenters. The van der Waals surface area contributed by atoms with E-state index in [4.69, 9.17) is 10.5 Å². The van der Waals surface area contributed by atoms with Gasteiger partial charge in [-0.05, 0) is 43.9 Å². The first-order valence-electron chi connectivity index (χ1n) is 7.45. The fraction of sp³-hybridized carbons (Fsp3) is 0.625. The normalized spacial score (nSPS) is 19.8. The van der Waals surface area contributed by atoms with Crippen LogP contribution in [0, 0.1) is 11.7 Å². The lowest BCUT2D eigenvalue weighted by Crippen LogP contribution is -2.37. The quantitative estimate of drug-likeness (QED) is 0.849. The van der Waals surface area contributed by atoms with Crippen LogP contribution in [0.1, 0.15) is 50.6 Å². The van der Waals surface area contributed by atoms with Gasteiger partial charge in [-0.1, -0.05) is 35.2 Å². The lowest BCUT2D eigenvalue weighted by Gasteiger charge is -2.34. The van der Waals surface area contributed by atoms with E-state index in [0.717, 1.165) is 17.3 Å². The number of hydrogen-bond donors (Lipinski definition) is 1. The molecule has 2 atom stereocenters. The van der Waals surface area contributed by atoms with Crippen molar-refractivity contribution in [3.63, 3.8) is 0 Å². The molecule has 1 aliphatic carbocycles. The van der Waals surface area contributed by atoms with Gasteiger partial charge in [-0.2, -0.15) is 0 Å². The van der Waals surface area contributed by atoms with Crippen LogP contribution in [0.15, 0.2) is 22.7 Å². The van der Waals surface area contributed by atoms with Crippen molar-refractivity contribution in [2.75, 3.05) is 6.61 Å². The van der Waals surface area contributed by atoms with Crippen LogP contribution in [0.3, 0.4) is 0 Å². The second-order valence-electron chi connectivity index (χ2n) is 5.51. The maximum atomic E-state index is 14.0. The predicted molar refractivity (Wildman–Crippen MR) is 83.0 cm³/mol. The minimum absolute atomic E-state index is 0.0934. The Morgan fingerprint density at radius 3 is 2.70 bits per heavy atom. The molecular formula is C16H23BrFNO. The molecule has 112 valence electrons. The van der Waals surface area contributed by atoms with Crippen LogP contribution in [0.4, 0.5) is 4.39 Å². The molecule has 0 aliphatic heterocycles. The number of halogens is 2. The Kier molecular flexibility index (Phi) is 6.00. The van der Waals surface area contributed by atoms with Crippen LogP contribution in [0.25, 0.3) is 0 Å². The molecule has 1 aromatic carbocycles. The molecule has 0 aromatic heterocycles. The predicted octanol–water partition coefficient (Wildman–Crippen LogP) is 4.57. The summed E-state index contributed by atoms with van der Waals surface area (Å²) in [4.78, 5) is 0. The summed E-state index contributed by atoms with van der Waals surface area (Å²) in [5, 5.41) is 0. The molecular weight excluding hydrogens is 321 g/mol. The van der Waals surface area contributed by atoms with E-state index in [2.05, 4.69) is 15.9 Å². The summed E-state index contributed by atoms with van der Waals surface area (Å²) in [6.45, 7) is 2.59. The zero-order valence-corrected chi connectivity index (χ0v) is 13.5. The minimum atomic E-state index is -0.407. The highest BCUT2D eigenvalue weighted by molar-refractivity contribution is 9.10. The summed E-state index contributed by atoms with van der Waals surface area (Å²) in [7, 11) is 0. The summed E-state index contributed by atoms with van der Waals surface area (Å²) < 4.78 is 20.8. The van der Waals surface area contributed by atoms with Gasteiger partial charge in [0.1, 0.15) is 5.82 Å². The Hall–Kier alpha value is -0.450. The molecule has 20 heavy (non-hydrogen) atoms. The maximum absolute atomic E-state index is 14.0. The van der Waals surface area contributed by atoms with E-state index in [1.54, 1.807) is 12.1 Å². The van der Waals surface area contributed by atoms with Gasteiger partial charge >= 0.3 is 0 Å². The lowest BCUT2D eigenvalue weighted by molar-refractivity contribution is -0.0105. The van der Waals surface area contributed by atoms with Crippen molar-refractivity contribution >= 4 is 15.9 Å². The van der Waals surface area contributed by atoms with Gasteiger partial charge in [0.25, 0.3) is 0 Å². The van der Waals surface area contributed by atoms with Crippen molar-refractivity contribution in [2.24, 2.45) is 11.7 Å². The van der Waals surface area contributed by atoms with Crippen LogP contribution in [0.5, 0.6) is 0 Å². The standard InChI is InChI=1S/C16H23BrFNO/c1-2-20-16(11-6-4-3-5-7-11)15(19)13-10-12(17)8-9-14(13)18/h8-11,15-16H,2-7,19H2,1H3. The Morgan fingerprint density at radius 2 is 2.05 bits per heavy atom. The molecule has 0 radical (unpaired) electrons. The highest BCUT2D eigenvalue weighted by Crippen LogP contribution is 2.34. The number of rotatable bonds is 5. The number of ether oxygens (including phenoxy) is 1. The van der Waals surface area contributed by atoms with Crippen molar-refractivity contribution in [1.82, 2.24) is 0 Å². The Bertz CT molecular complexity index is 434. The van der Waals surface area contributed by atoms with Crippen LogP contribution in [-0.4, -0.2) is 12.7 Å². The fourth-order valence-corrected chi connectivity index (χ4v) is 3.51. The molecule has 1 aromatic rings. The highest BCUT2D eigenvalue weighted by Gasteiger charge is 2.31. The van der Waals surface area contributed by atoms with Crippen molar-refractivity contribution < 1.29 is 9.13 Å². The summed E-state index contributed by atoms with van der Waals surface area (Å²) >= 11 is 3.39. The number of hydrogen-bond acceptors (Lipinski definition) is 2. The van der Waals surface area contributed by atoms with E-state index < -0.39 is 6.04 Å². The average Bonchev–Trinajstić information content (AvgIpc) is 2.47. The van der Waals surface area contributed by atoms with Crippen molar-refractivity contribution in [3.8, 4) is 0 Å². The van der Waals surface area contributed by atoms with Gasteiger partial charge in [-0.15, -0.1) is 0 Å². The first kappa shape index (κ1) is 15.9. The second kappa shape index (κ2) is 7.53. The SMILES string of the molecule is CCOC(C1CCCCC1)C(N)c1cc(Br)ccc1F. The molecule has 1 aliphatic rings. The molecule has 0 saturated heterocycles. The summed E-state index contributed by atoms with van der Waals surface area (Å²) in [5.41, 5.74) is 6.88. The molecule has 1 fully saturated rings. The summed E-state index contributed by atoms with van der Waals surface area (Å²) in [6, 6.07) is 4.52. The van der Waals surface area contributed by atoms with E-state index in [1.807, 2.05) is 6.92 Å². The van der Waals surface area contributed by atoms with Crippen molar-refractivity contribution in [2.45, 2.75) is 51.2 Å². The third-order valence-electron chi connectivity index (χ3n) is 4.14. The van der Waals surface area contributed by atoms with E-state index in [-0.39, 0.29) is 11.9 Å². The van der Waals surface area contributed by atoms with Gasteiger partial charge in [0.2, 0.25) is 0 Å². The third kappa shape index (κ3) is 3.80. The van der Waals surface area contributed by atoms with Gasteiger partial charge in [0.05, 0.1) is 12.1 Å². The van der Waals surface area contributed by atoms with Crippen LogP contribution >= 0.6 is 15.9 Å². The maximum Gasteiger partial charge on any atom is 0.128 e. The number of benzene rings is 1. The Labute approximate surface area is 129 Å². The Balaban J connectivity index is 2.20. The smallest absolute Gasteiger partial charge is 0.128 e. The summed E-state index contributed by atoms with van der Waals surface area (Å²) in [6.07, 6.45) is 5.91. The van der Waals surface area contributed by atoms with E-state index >= 15 is 0 Å². The topological polar surface area (TPSA) is 35.2 Å². The Morgan fingerprint density at radius 1 is 1.35 bits per heavy atom. The van der Waals surface area contributed by atoms with Gasteiger partial charge < -0.3 is 10.5 Å². The zero-order chi connectivity index (χ0) is 14.5. The van der Waals surface area contributed by atoms with Crippen LogP contribution < -0.4 is 5.73 Å². The van der Waals surface area contributed by atoms with Crippen molar-refractivity contribution in [3.05, 3.63) is 34.1 Å². The third-order valence-corrected chi connectivity index (χ3v) is 4.64. The molecule has 2 nitrogen and oxygen atoms in total. The summed E-state index contributed by atoms with van der Waals surface area (Å²) in [5.74, 6) is 0.193. The average molecular weight is 344 g/mol. The van der Waals surface area contributed by atoms with E-state index in [9.17, 15) is 4.39 Å². The zero-order valence-electron chi connectivity index (χ0n) is 11.9. The second-order valence-corrected chi connectivity index (χ2v) is 6.43. The number of nitrogens with two attached hydrogens (primary N) is 1. The molecule has 2 N–H and O–H groups in total. The molecule has 0 heterocycles. The molecule has 4 heteroatoms.